The maximum Gasteiger partial charge on any atom is 0.155 e. The molecule has 4 heteroatoms. The minimum absolute atomic E-state index is 0.527. The maximum absolute atomic E-state index is 8.97. The molecule has 0 fully saturated rings. The minimum Gasteiger partial charge on any atom is -0.376 e. The lowest BCUT2D eigenvalue weighted by molar-refractivity contribution is 0.388. The second-order valence-electron chi connectivity index (χ2n) is 3.44. The Morgan fingerprint density at radius 3 is 3.00 bits per heavy atom. The number of nitriles is 1. The molecule has 2 aromatic rings. The van der Waals surface area contributed by atoms with E-state index in [4.69, 9.17) is 9.78 Å². The second-order valence-corrected chi connectivity index (χ2v) is 3.44. The van der Waals surface area contributed by atoms with Crippen LogP contribution >= 0.6 is 0 Å². The molecule has 0 radical (unpaired) electrons. The molecule has 1 aromatic carbocycles. The molecule has 0 aliphatic rings. The van der Waals surface area contributed by atoms with E-state index in [0.29, 0.717) is 12.1 Å². The summed E-state index contributed by atoms with van der Waals surface area (Å²) in [5.74, 6) is 0.743. The first-order valence-corrected chi connectivity index (χ1v) is 4.94. The molecule has 16 heavy (non-hydrogen) atoms. The van der Waals surface area contributed by atoms with Gasteiger partial charge in [-0.2, -0.15) is 5.26 Å². The van der Waals surface area contributed by atoms with Crippen molar-refractivity contribution in [3.05, 3.63) is 47.3 Å². The third-order valence-corrected chi connectivity index (χ3v) is 2.32. The normalized spacial score (nSPS) is 9.75. The van der Waals surface area contributed by atoms with E-state index in [1.165, 1.54) is 0 Å². The van der Waals surface area contributed by atoms with Crippen LogP contribution in [0.25, 0.3) is 0 Å². The molecule has 0 amide bonds. The lowest BCUT2D eigenvalue weighted by Crippen LogP contribution is -2.02. The highest BCUT2D eigenvalue weighted by molar-refractivity contribution is 5.62. The van der Waals surface area contributed by atoms with E-state index in [0.717, 1.165) is 17.0 Å². The zero-order valence-corrected chi connectivity index (χ0v) is 8.90. The third kappa shape index (κ3) is 2.04. The number of benzene rings is 1. The van der Waals surface area contributed by atoms with Crippen LogP contribution in [0.2, 0.25) is 0 Å². The molecule has 0 atom stereocenters. The van der Waals surface area contributed by atoms with Crippen molar-refractivity contribution in [3.63, 3.8) is 0 Å². The molecule has 2 rings (SSSR count). The molecule has 1 heterocycles. The molecule has 0 aliphatic carbocycles. The number of nitrogens with zero attached hydrogens (tertiary/aromatic N) is 2. The first kappa shape index (κ1) is 10.2. The van der Waals surface area contributed by atoms with Crippen LogP contribution in [0.4, 0.5) is 5.69 Å². The minimum atomic E-state index is 0.527. The smallest absolute Gasteiger partial charge is 0.155 e. The molecular formula is C12H11N3O. The average Bonchev–Trinajstić information content (AvgIpc) is 2.80. The predicted octanol–water partition coefficient (Wildman–Crippen LogP) is 2.47. The van der Waals surface area contributed by atoms with Crippen LogP contribution in [0.5, 0.6) is 0 Å². The highest BCUT2D eigenvalue weighted by Gasteiger charge is 2.05. The number of hydrogen-bond donors (Lipinski definition) is 1. The average molecular weight is 213 g/mol. The molecular weight excluding hydrogens is 202 g/mol. The van der Waals surface area contributed by atoms with Crippen molar-refractivity contribution in [1.29, 1.82) is 5.26 Å². The summed E-state index contributed by atoms with van der Waals surface area (Å²) in [5, 5.41) is 15.8. The topological polar surface area (TPSA) is 61.9 Å². The molecule has 0 saturated carbocycles. The first-order valence-electron chi connectivity index (χ1n) is 4.94. The Morgan fingerprint density at radius 1 is 1.44 bits per heavy atom. The molecule has 4 nitrogen and oxygen atoms in total. The Hall–Kier alpha value is -2.28. The molecule has 0 spiro atoms. The standard InChI is InChI=1S/C12H11N3O/c1-9-3-2-4-10(7-13)12(9)14-8-11-5-6-15-16-11/h2-6,14H,8H2,1H3. The summed E-state index contributed by atoms with van der Waals surface area (Å²) in [6.45, 7) is 2.49. The van der Waals surface area contributed by atoms with Crippen LogP contribution in [-0.4, -0.2) is 5.16 Å². The molecule has 0 saturated heterocycles. The Kier molecular flexibility index (Phi) is 2.88. The zero-order valence-electron chi connectivity index (χ0n) is 8.90. The SMILES string of the molecule is Cc1cccc(C#N)c1NCc1ccno1. The van der Waals surface area contributed by atoms with Gasteiger partial charge in [0.15, 0.2) is 5.76 Å². The summed E-state index contributed by atoms with van der Waals surface area (Å²) in [5.41, 5.74) is 2.53. The molecule has 0 aliphatic heterocycles. The fourth-order valence-corrected chi connectivity index (χ4v) is 1.50. The van der Waals surface area contributed by atoms with Gasteiger partial charge >= 0.3 is 0 Å². The summed E-state index contributed by atoms with van der Waals surface area (Å²) >= 11 is 0. The van der Waals surface area contributed by atoms with Gasteiger partial charge in [0.2, 0.25) is 0 Å². The van der Waals surface area contributed by atoms with Gasteiger partial charge in [-0.15, -0.1) is 0 Å². The van der Waals surface area contributed by atoms with Gasteiger partial charge in [0.1, 0.15) is 6.07 Å². The van der Waals surface area contributed by atoms with E-state index in [-0.39, 0.29) is 0 Å². The summed E-state index contributed by atoms with van der Waals surface area (Å²) < 4.78 is 4.97. The van der Waals surface area contributed by atoms with Gasteiger partial charge < -0.3 is 9.84 Å². The lowest BCUT2D eigenvalue weighted by atomic mass is 10.1. The number of para-hydroxylation sites is 1. The van der Waals surface area contributed by atoms with Crippen molar-refractivity contribution in [3.8, 4) is 6.07 Å². The first-order chi connectivity index (χ1) is 7.81. The maximum atomic E-state index is 8.97. The van der Waals surface area contributed by atoms with Gasteiger partial charge in [0.05, 0.1) is 24.0 Å². The summed E-state index contributed by atoms with van der Waals surface area (Å²) in [6, 6.07) is 9.56. The third-order valence-electron chi connectivity index (χ3n) is 2.32. The van der Waals surface area contributed by atoms with Crippen molar-refractivity contribution in [2.24, 2.45) is 0 Å². The number of rotatable bonds is 3. The largest absolute Gasteiger partial charge is 0.376 e. The summed E-state index contributed by atoms with van der Waals surface area (Å²) in [7, 11) is 0. The predicted molar refractivity (Wildman–Crippen MR) is 59.7 cm³/mol. The lowest BCUT2D eigenvalue weighted by Gasteiger charge is -2.09. The number of aromatic nitrogens is 1. The van der Waals surface area contributed by atoms with Crippen molar-refractivity contribution < 1.29 is 4.52 Å². The number of aryl methyl sites for hydroxylation is 1. The van der Waals surface area contributed by atoms with E-state index in [1.807, 2.05) is 19.1 Å². The fourth-order valence-electron chi connectivity index (χ4n) is 1.50. The Balaban J connectivity index is 2.18. The van der Waals surface area contributed by atoms with E-state index in [2.05, 4.69) is 16.5 Å². The Morgan fingerprint density at radius 2 is 2.31 bits per heavy atom. The van der Waals surface area contributed by atoms with Crippen LogP contribution in [-0.2, 0) is 6.54 Å². The number of hydrogen-bond acceptors (Lipinski definition) is 4. The van der Waals surface area contributed by atoms with Gasteiger partial charge in [-0.25, -0.2) is 0 Å². The van der Waals surface area contributed by atoms with Crippen LogP contribution in [0.15, 0.2) is 35.0 Å². The number of nitrogens with one attached hydrogen (secondary N) is 1. The van der Waals surface area contributed by atoms with E-state index < -0.39 is 0 Å². The second kappa shape index (κ2) is 4.49. The van der Waals surface area contributed by atoms with Crippen molar-refractivity contribution in [2.75, 3.05) is 5.32 Å². The van der Waals surface area contributed by atoms with Gasteiger partial charge in [-0.3, -0.25) is 0 Å². The van der Waals surface area contributed by atoms with Crippen molar-refractivity contribution in [2.45, 2.75) is 13.5 Å². The summed E-state index contributed by atoms with van der Waals surface area (Å²) in [4.78, 5) is 0. The van der Waals surface area contributed by atoms with Crippen LogP contribution in [0, 0.1) is 18.3 Å². The van der Waals surface area contributed by atoms with Crippen LogP contribution in [0.3, 0.4) is 0 Å². The highest BCUT2D eigenvalue weighted by atomic mass is 16.5. The van der Waals surface area contributed by atoms with E-state index >= 15 is 0 Å². The molecule has 80 valence electrons. The molecule has 1 N–H and O–H groups in total. The van der Waals surface area contributed by atoms with Crippen LogP contribution in [0.1, 0.15) is 16.9 Å². The van der Waals surface area contributed by atoms with Gasteiger partial charge in [-0.05, 0) is 18.6 Å². The number of anilines is 1. The molecule has 0 bridgehead atoms. The Bertz CT molecular complexity index is 512. The van der Waals surface area contributed by atoms with Crippen molar-refractivity contribution in [1.82, 2.24) is 5.16 Å². The highest BCUT2D eigenvalue weighted by Crippen LogP contribution is 2.20. The fraction of sp³-hybridized carbons (Fsp3) is 0.167. The van der Waals surface area contributed by atoms with Gasteiger partial charge in [-0.1, -0.05) is 17.3 Å². The van der Waals surface area contributed by atoms with Gasteiger partial charge in [0, 0.05) is 6.07 Å². The summed E-state index contributed by atoms with van der Waals surface area (Å²) in [6.07, 6.45) is 1.60. The monoisotopic (exact) mass is 213 g/mol. The van der Waals surface area contributed by atoms with Gasteiger partial charge in [0.25, 0.3) is 0 Å². The van der Waals surface area contributed by atoms with Crippen molar-refractivity contribution >= 4 is 5.69 Å². The quantitative estimate of drug-likeness (QED) is 0.850. The van der Waals surface area contributed by atoms with E-state index in [9.17, 15) is 0 Å². The Labute approximate surface area is 93.5 Å². The van der Waals surface area contributed by atoms with Crippen LogP contribution < -0.4 is 5.32 Å². The molecule has 1 aromatic heterocycles. The molecule has 0 unspecified atom stereocenters. The van der Waals surface area contributed by atoms with E-state index in [1.54, 1.807) is 18.3 Å². The zero-order chi connectivity index (χ0) is 11.4.